The van der Waals surface area contributed by atoms with Crippen LogP contribution in [-0.4, -0.2) is 34.0 Å². The molecule has 3 rings (SSSR count). The lowest BCUT2D eigenvalue weighted by molar-refractivity contribution is 0.434. The Morgan fingerprint density at radius 2 is 1.84 bits per heavy atom. The normalized spacial score (nSPS) is 23.8. The Morgan fingerprint density at radius 3 is 2.36 bits per heavy atom. The van der Waals surface area contributed by atoms with Crippen LogP contribution in [0.25, 0.3) is 0 Å². The minimum Gasteiger partial charge on any atom is -0.225 e. The summed E-state index contributed by atoms with van der Waals surface area (Å²) in [5.74, 6) is 0. The highest BCUT2D eigenvalue weighted by atomic mass is 32.2. The summed E-state index contributed by atoms with van der Waals surface area (Å²) < 4.78 is 49.4. The lowest BCUT2D eigenvalue weighted by Crippen LogP contribution is -2.43. The summed E-state index contributed by atoms with van der Waals surface area (Å²) >= 11 is 0. The predicted octanol–water partition coefficient (Wildman–Crippen LogP) is 1.46. The molecule has 1 aliphatic carbocycles. The quantitative estimate of drug-likeness (QED) is 0.851. The van der Waals surface area contributed by atoms with Gasteiger partial charge in [-0.1, -0.05) is 35.9 Å². The number of benzene rings is 1. The Morgan fingerprint density at radius 1 is 1.16 bits per heavy atom. The number of hydrogen-bond donors (Lipinski definition) is 1. The molecule has 1 unspecified atom stereocenters. The van der Waals surface area contributed by atoms with E-state index < -0.39 is 24.8 Å². The summed E-state index contributed by atoms with van der Waals surface area (Å²) in [5, 5.41) is 9.12. The van der Waals surface area contributed by atoms with Gasteiger partial charge in [0.15, 0.2) is 0 Å². The zero-order valence-corrected chi connectivity index (χ0v) is 15.3. The van der Waals surface area contributed by atoms with Gasteiger partial charge in [0.1, 0.15) is 4.75 Å². The Balaban J connectivity index is 2.17. The number of primary sulfonamides is 1. The van der Waals surface area contributed by atoms with E-state index in [1.165, 1.54) is 24.3 Å². The van der Waals surface area contributed by atoms with E-state index in [4.69, 9.17) is 5.14 Å². The van der Waals surface area contributed by atoms with Crippen molar-refractivity contribution in [3.8, 4) is 0 Å². The van der Waals surface area contributed by atoms with Crippen LogP contribution in [-0.2, 0) is 24.8 Å². The molecule has 0 amide bonds. The molecule has 0 bridgehead atoms. The van der Waals surface area contributed by atoms with Crippen LogP contribution in [0.2, 0.25) is 0 Å². The van der Waals surface area contributed by atoms with Gasteiger partial charge in [-0.05, 0) is 31.0 Å². The first kappa shape index (κ1) is 17.8. The smallest absolute Gasteiger partial charge is 0.225 e. The maximum atomic E-state index is 13.3. The summed E-state index contributed by atoms with van der Waals surface area (Å²) in [7, 11) is -7.68. The summed E-state index contributed by atoms with van der Waals surface area (Å²) in [6, 6.07) is 5.66. The van der Waals surface area contributed by atoms with Crippen molar-refractivity contribution in [3.63, 3.8) is 0 Å². The van der Waals surface area contributed by atoms with Crippen molar-refractivity contribution in [1.29, 1.82) is 0 Å². The summed E-state index contributed by atoms with van der Waals surface area (Å²) in [5.41, 5.74) is 1.29. The van der Waals surface area contributed by atoms with Gasteiger partial charge in [-0.3, -0.25) is 0 Å². The molecule has 7 nitrogen and oxygen atoms in total. The number of nitrogens with two attached hydrogens (primary N) is 1. The minimum atomic E-state index is -3.84. The number of nitrogens with zero attached hydrogens (tertiary/aromatic N) is 2. The molecule has 1 aromatic carbocycles. The number of allylic oxidation sites excluding steroid dienone is 3. The van der Waals surface area contributed by atoms with Crippen molar-refractivity contribution in [1.82, 2.24) is 4.41 Å². The van der Waals surface area contributed by atoms with Crippen molar-refractivity contribution in [2.75, 3.05) is 6.54 Å². The van der Waals surface area contributed by atoms with Gasteiger partial charge in [-0.2, -0.15) is 9.52 Å². The van der Waals surface area contributed by atoms with Crippen LogP contribution in [0.5, 0.6) is 0 Å². The fraction of sp³-hybridized carbons (Fsp3) is 0.312. The first-order chi connectivity index (χ1) is 11.7. The highest BCUT2D eigenvalue weighted by molar-refractivity contribution is 7.90. The molecule has 1 heterocycles. The Kier molecular flexibility index (Phi) is 4.34. The zero-order chi connectivity index (χ0) is 18.3. The molecule has 0 saturated heterocycles. The molecule has 1 aromatic rings. The van der Waals surface area contributed by atoms with E-state index in [0.717, 1.165) is 9.99 Å². The van der Waals surface area contributed by atoms with Gasteiger partial charge in [0, 0.05) is 12.6 Å². The third-order valence-electron chi connectivity index (χ3n) is 4.33. The van der Waals surface area contributed by atoms with E-state index in [1.54, 1.807) is 18.4 Å². The molecular weight excluding hydrogens is 362 g/mol. The Labute approximate surface area is 147 Å². The monoisotopic (exact) mass is 381 g/mol. The van der Waals surface area contributed by atoms with Crippen LogP contribution in [0.3, 0.4) is 0 Å². The first-order valence-corrected chi connectivity index (χ1v) is 10.7. The van der Waals surface area contributed by atoms with Crippen LogP contribution in [0, 0.1) is 0 Å². The van der Waals surface area contributed by atoms with Crippen molar-refractivity contribution in [2.24, 2.45) is 10.2 Å². The third kappa shape index (κ3) is 3.03. The zero-order valence-electron chi connectivity index (χ0n) is 13.7. The second-order valence-electron chi connectivity index (χ2n) is 6.09. The number of hydrogen-bond acceptors (Lipinski definition) is 5. The second-order valence-corrected chi connectivity index (χ2v) is 9.75. The summed E-state index contributed by atoms with van der Waals surface area (Å²) in [4.78, 5) is -0.0601. The molecule has 1 atom stereocenters. The van der Waals surface area contributed by atoms with E-state index in [-0.39, 0.29) is 11.3 Å². The standard InChI is InChI=1S/C16H19N3O4S2/c1-13-4-2-9-16(12-13,25(22,23)19-11-3-10-18-19)14-5-7-15(8-6-14)24(17,20)21/h2,4-8,10,12H,3,9,11H2,1H3,(H2,17,20,21). The molecule has 1 aliphatic heterocycles. The largest absolute Gasteiger partial charge is 0.263 e. The number of hydrazone groups is 1. The molecule has 9 heteroatoms. The van der Waals surface area contributed by atoms with Crippen molar-refractivity contribution in [3.05, 3.63) is 53.6 Å². The fourth-order valence-corrected chi connectivity index (χ4v) is 5.60. The maximum absolute atomic E-state index is 13.3. The molecule has 0 fully saturated rings. The van der Waals surface area contributed by atoms with Crippen LogP contribution in [0.4, 0.5) is 0 Å². The Hall–Kier alpha value is -1.97. The molecule has 25 heavy (non-hydrogen) atoms. The lowest BCUT2D eigenvalue weighted by Gasteiger charge is -2.35. The van der Waals surface area contributed by atoms with Gasteiger partial charge in [0.05, 0.1) is 11.4 Å². The van der Waals surface area contributed by atoms with E-state index in [1.807, 2.05) is 13.0 Å². The molecule has 0 spiro atoms. The second kappa shape index (κ2) is 6.08. The van der Waals surface area contributed by atoms with Crippen LogP contribution < -0.4 is 5.14 Å². The molecule has 2 N–H and O–H groups in total. The average Bonchev–Trinajstić information content (AvgIpc) is 3.09. The summed E-state index contributed by atoms with van der Waals surface area (Å²) in [6.45, 7) is 2.13. The summed E-state index contributed by atoms with van der Waals surface area (Å²) in [6.07, 6.45) is 7.75. The minimum absolute atomic E-state index is 0.0601. The van der Waals surface area contributed by atoms with Gasteiger partial charge in [0.25, 0.3) is 10.0 Å². The van der Waals surface area contributed by atoms with Crippen LogP contribution >= 0.6 is 0 Å². The maximum Gasteiger partial charge on any atom is 0.263 e. The van der Waals surface area contributed by atoms with Crippen LogP contribution in [0.15, 0.2) is 58.1 Å². The molecule has 134 valence electrons. The van der Waals surface area contributed by atoms with Gasteiger partial charge in [-0.15, -0.1) is 0 Å². The lowest BCUT2D eigenvalue weighted by atomic mass is 9.89. The van der Waals surface area contributed by atoms with E-state index in [0.29, 0.717) is 18.5 Å². The third-order valence-corrected chi connectivity index (χ3v) is 7.53. The van der Waals surface area contributed by atoms with Gasteiger partial charge >= 0.3 is 0 Å². The van der Waals surface area contributed by atoms with Crippen molar-refractivity contribution < 1.29 is 16.8 Å². The fourth-order valence-electron chi connectivity index (χ4n) is 3.10. The highest BCUT2D eigenvalue weighted by Gasteiger charge is 2.47. The Bertz CT molecular complexity index is 977. The number of sulfonamides is 2. The predicted molar refractivity (Wildman–Crippen MR) is 95.7 cm³/mol. The molecule has 0 saturated carbocycles. The van der Waals surface area contributed by atoms with Gasteiger partial charge in [-0.25, -0.2) is 22.0 Å². The SMILES string of the molecule is CC1=CC(c2ccc(S(N)(=O)=O)cc2)(S(=O)(=O)N2CCC=N2)CC=C1. The van der Waals surface area contributed by atoms with Gasteiger partial charge in [0.2, 0.25) is 10.0 Å². The van der Waals surface area contributed by atoms with Crippen LogP contribution in [0.1, 0.15) is 25.3 Å². The number of rotatable bonds is 4. The average molecular weight is 381 g/mol. The van der Waals surface area contributed by atoms with E-state index in [2.05, 4.69) is 5.10 Å². The molecule has 0 aromatic heterocycles. The van der Waals surface area contributed by atoms with E-state index in [9.17, 15) is 16.8 Å². The molecule has 0 radical (unpaired) electrons. The molecule has 2 aliphatic rings. The van der Waals surface area contributed by atoms with Crippen molar-refractivity contribution >= 4 is 26.3 Å². The first-order valence-electron chi connectivity index (χ1n) is 7.71. The van der Waals surface area contributed by atoms with Crippen molar-refractivity contribution in [2.45, 2.75) is 29.4 Å². The highest BCUT2D eigenvalue weighted by Crippen LogP contribution is 2.42. The molecular formula is C16H19N3O4S2. The topological polar surface area (TPSA) is 110 Å². The van der Waals surface area contributed by atoms with E-state index >= 15 is 0 Å². The van der Waals surface area contributed by atoms with Gasteiger partial charge < -0.3 is 0 Å².